The van der Waals surface area contributed by atoms with Gasteiger partial charge in [-0.2, -0.15) is 13.2 Å². The predicted molar refractivity (Wildman–Crippen MR) is 81.1 cm³/mol. The highest BCUT2D eigenvalue weighted by Gasteiger charge is 2.37. The fraction of sp³-hybridized carbons (Fsp3) is 0.571. The first-order chi connectivity index (χ1) is 8.84. The quantitative estimate of drug-likeness (QED) is 0.595. The Morgan fingerprint density at radius 3 is 2.10 bits per heavy atom. The van der Waals surface area contributed by atoms with Crippen LogP contribution in [0, 0.1) is 0 Å². The van der Waals surface area contributed by atoms with Crippen LogP contribution in [0.3, 0.4) is 0 Å². The van der Waals surface area contributed by atoms with E-state index in [1.807, 2.05) is 0 Å². The fourth-order valence-electron chi connectivity index (χ4n) is 1.32. The van der Waals surface area contributed by atoms with Crippen LogP contribution in [-0.4, -0.2) is 8.32 Å². The molecule has 0 spiro atoms. The number of hydrogen-bond acceptors (Lipinski definition) is 1. The molecule has 0 saturated heterocycles. The van der Waals surface area contributed by atoms with Gasteiger partial charge in [-0.25, -0.2) is 0 Å². The van der Waals surface area contributed by atoms with E-state index in [-0.39, 0.29) is 5.04 Å². The second-order valence-electron chi connectivity index (χ2n) is 6.35. The van der Waals surface area contributed by atoms with E-state index < -0.39 is 20.1 Å². The van der Waals surface area contributed by atoms with Crippen molar-refractivity contribution >= 4 is 24.2 Å². The first kappa shape index (κ1) is 17.7. The van der Waals surface area contributed by atoms with Crippen LogP contribution in [0.4, 0.5) is 13.2 Å². The summed E-state index contributed by atoms with van der Waals surface area (Å²) >= 11 is 3.19. The molecular formula is C14H20BrF3OSi. The lowest BCUT2D eigenvalue weighted by atomic mass is 10.1. The summed E-state index contributed by atoms with van der Waals surface area (Å²) in [6, 6.07) is 3.67. The smallest absolute Gasteiger partial charge is 0.413 e. The third-order valence-corrected chi connectivity index (χ3v) is 8.99. The van der Waals surface area contributed by atoms with Gasteiger partial charge in [0.25, 0.3) is 0 Å². The molecule has 0 unspecified atom stereocenters. The molecule has 0 atom stereocenters. The Balaban J connectivity index is 2.86. The molecule has 0 aliphatic carbocycles. The summed E-state index contributed by atoms with van der Waals surface area (Å²) in [6.07, 6.45) is -4.32. The van der Waals surface area contributed by atoms with Crippen molar-refractivity contribution in [2.45, 2.75) is 51.7 Å². The molecule has 0 bridgehead atoms. The fourth-order valence-corrected chi connectivity index (χ4v) is 2.76. The maximum atomic E-state index is 12.6. The zero-order valence-electron chi connectivity index (χ0n) is 12.4. The molecule has 0 aromatic heterocycles. The van der Waals surface area contributed by atoms with Crippen LogP contribution in [0.5, 0.6) is 0 Å². The van der Waals surface area contributed by atoms with E-state index in [9.17, 15) is 13.2 Å². The maximum absolute atomic E-state index is 12.6. The first-order valence-corrected chi connectivity index (χ1v) is 10.0. The van der Waals surface area contributed by atoms with Crippen LogP contribution < -0.4 is 0 Å². The zero-order valence-corrected chi connectivity index (χ0v) is 14.9. The molecule has 6 heteroatoms. The van der Waals surface area contributed by atoms with Gasteiger partial charge in [0.1, 0.15) is 0 Å². The van der Waals surface area contributed by atoms with Crippen LogP contribution in [0.1, 0.15) is 31.9 Å². The van der Waals surface area contributed by atoms with Gasteiger partial charge in [0, 0.05) is 4.47 Å². The van der Waals surface area contributed by atoms with E-state index in [4.69, 9.17) is 4.43 Å². The summed E-state index contributed by atoms with van der Waals surface area (Å²) < 4.78 is 44.2. The summed E-state index contributed by atoms with van der Waals surface area (Å²) in [4.78, 5) is 0. The van der Waals surface area contributed by atoms with Crippen molar-refractivity contribution in [3.05, 3.63) is 33.8 Å². The average molecular weight is 369 g/mol. The van der Waals surface area contributed by atoms with E-state index >= 15 is 0 Å². The Kier molecular flexibility index (Phi) is 5.15. The highest BCUT2D eigenvalue weighted by molar-refractivity contribution is 9.10. The molecule has 0 aliphatic heterocycles. The van der Waals surface area contributed by atoms with Gasteiger partial charge in [-0.05, 0) is 35.8 Å². The number of halogens is 4. The maximum Gasteiger partial charge on any atom is 0.416 e. The summed E-state index contributed by atoms with van der Waals surface area (Å²) in [5.41, 5.74) is 0.0864. The van der Waals surface area contributed by atoms with Gasteiger partial charge in [-0.15, -0.1) is 0 Å². The van der Waals surface area contributed by atoms with E-state index in [1.54, 1.807) is 0 Å². The molecule has 0 aliphatic rings. The Morgan fingerprint density at radius 2 is 1.70 bits per heavy atom. The minimum Gasteiger partial charge on any atom is -0.413 e. The van der Waals surface area contributed by atoms with Gasteiger partial charge in [-0.3, -0.25) is 0 Å². The molecule has 0 amide bonds. The first-order valence-electron chi connectivity index (χ1n) is 6.34. The van der Waals surface area contributed by atoms with Crippen molar-refractivity contribution in [1.29, 1.82) is 0 Å². The largest absolute Gasteiger partial charge is 0.416 e. The molecule has 0 heterocycles. The third kappa shape index (κ3) is 4.33. The van der Waals surface area contributed by atoms with Gasteiger partial charge in [0.05, 0.1) is 12.2 Å². The van der Waals surface area contributed by atoms with Crippen molar-refractivity contribution in [3.63, 3.8) is 0 Å². The van der Waals surface area contributed by atoms with E-state index in [2.05, 4.69) is 49.8 Å². The van der Waals surface area contributed by atoms with E-state index in [0.717, 1.165) is 17.7 Å². The Labute approximate surface area is 127 Å². The lowest BCUT2D eigenvalue weighted by Crippen LogP contribution is -2.40. The van der Waals surface area contributed by atoms with Gasteiger partial charge in [0.2, 0.25) is 0 Å². The molecule has 1 aromatic rings. The number of rotatable bonds is 3. The summed E-state index contributed by atoms with van der Waals surface area (Å²) in [6.45, 7) is 10.9. The molecular weight excluding hydrogens is 349 g/mol. The number of alkyl halides is 3. The van der Waals surface area contributed by atoms with Crippen molar-refractivity contribution in [1.82, 2.24) is 0 Å². The van der Waals surface area contributed by atoms with Crippen molar-refractivity contribution in [2.75, 3.05) is 0 Å². The molecule has 1 rings (SSSR count). The minimum absolute atomic E-state index is 0.0748. The van der Waals surface area contributed by atoms with Crippen LogP contribution >= 0.6 is 15.9 Å². The average Bonchev–Trinajstić information content (AvgIpc) is 2.24. The van der Waals surface area contributed by atoms with Crippen LogP contribution in [0.2, 0.25) is 18.1 Å². The molecule has 0 fully saturated rings. The number of hydrogen-bond donors (Lipinski definition) is 0. The van der Waals surface area contributed by atoms with Crippen molar-refractivity contribution in [2.24, 2.45) is 0 Å². The van der Waals surface area contributed by atoms with Gasteiger partial charge in [0.15, 0.2) is 8.32 Å². The third-order valence-electron chi connectivity index (χ3n) is 3.78. The molecule has 0 saturated carbocycles. The number of benzene rings is 1. The van der Waals surface area contributed by atoms with Crippen LogP contribution in [0.15, 0.2) is 22.7 Å². The Hall–Kier alpha value is -0.333. The monoisotopic (exact) mass is 368 g/mol. The van der Waals surface area contributed by atoms with Gasteiger partial charge >= 0.3 is 6.18 Å². The molecule has 1 nitrogen and oxygen atoms in total. The summed E-state index contributed by atoms with van der Waals surface area (Å²) in [5.74, 6) is 0. The second-order valence-corrected chi connectivity index (χ2v) is 12.0. The standard InChI is InChI=1S/C14H20BrF3OSi/c1-13(2,3)20(4,5)19-9-10-6-7-11(8-12(10)15)14(16,17)18/h6-8H,9H2,1-5H3. The van der Waals surface area contributed by atoms with Crippen LogP contribution in [0.25, 0.3) is 0 Å². The molecule has 0 N–H and O–H groups in total. The highest BCUT2D eigenvalue weighted by Crippen LogP contribution is 2.38. The van der Waals surface area contributed by atoms with E-state index in [1.165, 1.54) is 6.07 Å². The molecule has 114 valence electrons. The van der Waals surface area contributed by atoms with Gasteiger partial charge in [-0.1, -0.05) is 42.8 Å². The van der Waals surface area contributed by atoms with Crippen molar-refractivity contribution < 1.29 is 17.6 Å². The topological polar surface area (TPSA) is 9.23 Å². The normalized spacial score (nSPS) is 13.7. The highest BCUT2D eigenvalue weighted by atomic mass is 79.9. The molecule has 20 heavy (non-hydrogen) atoms. The Morgan fingerprint density at radius 1 is 1.15 bits per heavy atom. The summed E-state index contributed by atoms with van der Waals surface area (Å²) in [7, 11) is -1.90. The van der Waals surface area contributed by atoms with Crippen LogP contribution in [-0.2, 0) is 17.2 Å². The SMILES string of the molecule is CC(C)(C)[Si](C)(C)OCc1ccc(C(F)(F)F)cc1Br. The summed E-state index contributed by atoms with van der Waals surface area (Å²) in [5, 5.41) is 0.0748. The predicted octanol–water partition coefficient (Wildman–Crippen LogP) is 5.99. The van der Waals surface area contributed by atoms with Gasteiger partial charge < -0.3 is 4.43 Å². The molecule has 1 aromatic carbocycles. The zero-order chi connectivity index (χ0) is 15.8. The Bertz CT molecular complexity index is 478. The lowest BCUT2D eigenvalue weighted by molar-refractivity contribution is -0.137. The van der Waals surface area contributed by atoms with Crippen molar-refractivity contribution in [3.8, 4) is 0 Å². The lowest BCUT2D eigenvalue weighted by Gasteiger charge is -2.36. The van der Waals surface area contributed by atoms with E-state index in [0.29, 0.717) is 11.1 Å². The minimum atomic E-state index is -4.32. The second kappa shape index (κ2) is 5.81. The molecule has 0 radical (unpaired) electrons.